The molecule has 256 valence electrons. The molecule has 3 rings (SSSR count). The highest BCUT2D eigenvalue weighted by atomic mass is 16.5. The van der Waals surface area contributed by atoms with E-state index in [-0.39, 0.29) is 12.0 Å². The Labute approximate surface area is 279 Å². The molecule has 11 nitrogen and oxygen atoms in total. The number of carbonyl (C=O) groups excluding carboxylic acids is 1. The molecule has 2 aromatic carbocycles. The Morgan fingerprint density at radius 2 is 1.45 bits per heavy atom. The maximum atomic E-state index is 11.0. The van der Waals surface area contributed by atoms with Gasteiger partial charge >= 0.3 is 5.97 Å². The molecule has 0 aliphatic heterocycles. The smallest absolute Gasteiger partial charge is 0.305 e. The molecule has 0 fully saturated rings. The fraction of sp³-hybridized carbons (Fsp3) is 0.472. The SMILES string of the molecule is COC(=O)CCCOCCOCCOCCCCCCOc1ccc([C@@H](C)Nc2cccc(/C(N)=N/C(N)c3ccncc3)c2)cc1. The third kappa shape index (κ3) is 15.4. The summed E-state index contributed by atoms with van der Waals surface area (Å²) >= 11 is 0. The van der Waals surface area contributed by atoms with E-state index in [0.717, 1.165) is 60.4 Å². The van der Waals surface area contributed by atoms with Gasteiger partial charge in [-0.2, -0.15) is 0 Å². The molecule has 47 heavy (non-hydrogen) atoms. The third-order valence-electron chi connectivity index (χ3n) is 7.34. The van der Waals surface area contributed by atoms with Gasteiger partial charge in [0.25, 0.3) is 0 Å². The maximum Gasteiger partial charge on any atom is 0.305 e. The zero-order chi connectivity index (χ0) is 33.5. The summed E-state index contributed by atoms with van der Waals surface area (Å²) in [5, 5.41) is 3.54. The molecule has 0 spiro atoms. The third-order valence-corrected chi connectivity index (χ3v) is 7.34. The molecule has 1 heterocycles. The van der Waals surface area contributed by atoms with Crippen LogP contribution in [0.2, 0.25) is 0 Å². The van der Waals surface area contributed by atoms with Crippen LogP contribution in [0.5, 0.6) is 5.75 Å². The minimum atomic E-state index is -0.554. The van der Waals surface area contributed by atoms with Crippen LogP contribution in [0.1, 0.15) is 74.3 Å². The number of nitrogens with one attached hydrogen (secondary N) is 1. The number of carbonyl (C=O) groups is 1. The number of ether oxygens (including phenoxy) is 5. The lowest BCUT2D eigenvalue weighted by Crippen LogP contribution is -2.19. The minimum Gasteiger partial charge on any atom is -0.494 e. The van der Waals surface area contributed by atoms with E-state index in [4.69, 9.17) is 30.4 Å². The average Bonchev–Trinajstić information content (AvgIpc) is 3.10. The Morgan fingerprint density at radius 3 is 2.13 bits per heavy atom. The van der Waals surface area contributed by atoms with Crippen molar-refractivity contribution in [3.05, 3.63) is 89.7 Å². The molecule has 0 aliphatic carbocycles. The Morgan fingerprint density at radius 1 is 0.809 bits per heavy atom. The van der Waals surface area contributed by atoms with Gasteiger partial charge in [-0.25, -0.2) is 4.99 Å². The van der Waals surface area contributed by atoms with E-state index in [9.17, 15) is 4.79 Å². The fourth-order valence-electron chi connectivity index (χ4n) is 4.63. The quantitative estimate of drug-likeness (QED) is 0.0487. The topological polar surface area (TPSA) is 153 Å². The van der Waals surface area contributed by atoms with Gasteiger partial charge < -0.3 is 40.5 Å². The summed E-state index contributed by atoms with van der Waals surface area (Å²) in [6.45, 7) is 6.22. The largest absolute Gasteiger partial charge is 0.494 e. The standard InChI is InChI=1S/C36H51N5O6/c1-28(40-32-10-7-9-31(27-32)36(38)41-35(37)30-16-18-39-19-17-30)29-12-14-33(15-13-29)47-22-6-4-3-5-20-44-23-25-46-26-24-45-21-8-11-34(42)43-2/h7,9-10,12-19,27-28,35,40H,3-6,8,11,20-26,37H2,1-2H3,(H2,38,41)/t28-,35?/m1/s1. The Hall–Kier alpha value is -4.03. The molecular weight excluding hydrogens is 598 g/mol. The van der Waals surface area contributed by atoms with Crippen molar-refractivity contribution in [3.8, 4) is 5.75 Å². The molecule has 0 saturated carbocycles. The predicted octanol–water partition coefficient (Wildman–Crippen LogP) is 5.56. The first kappa shape index (κ1) is 37.4. The Balaban J connectivity index is 1.22. The predicted molar refractivity (Wildman–Crippen MR) is 184 cm³/mol. The van der Waals surface area contributed by atoms with E-state index in [2.05, 4.69) is 39.1 Å². The highest BCUT2D eigenvalue weighted by Gasteiger charge is 2.09. The average molecular weight is 650 g/mol. The second-order valence-electron chi connectivity index (χ2n) is 11.0. The van der Waals surface area contributed by atoms with E-state index in [1.165, 1.54) is 7.11 Å². The number of unbranched alkanes of at least 4 members (excludes halogenated alkanes) is 3. The molecule has 1 aromatic heterocycles. The van der Waals surface area contributed by atoms with Crippen molar-refractivity contribution in [1.29, 1.82) is 0 Å². The first-order valence-corrected chi connectivity index (χ1v) is 16.3. The number of nitrogens with zero attached hydrogens (tertiary/aromatic N) is 2. The Kier molecular flexibility index (Phi) is 17.9. The number of pyridine rings is 1. The van der Waals surface area contributed by atoms with Crippen LogP contribution in [0.15, 0.2) is 78.0 Å². The van der Waals surface area contributed by atoms with Gasteiger partial charge in [0, 0.05) is 49.3 Å². The van der Waals surface area contributed by atoms with E-state index in [1.54, 1.807) is 12.4 Å². The van der Waals surface area contributed by atoms with E-state index in [0.29, 0.717) is 58.3 Å². The molecule has 1 unspecified atom stereocenters. The summed E-state index contributed by atoms with van der Waals surface area (Å²) in [5.41, 5.74) is 16.2. The van der Waals surface area contributed by atoms with E-state index < -0.39 is 6.17 Å². The Bertz CT molecular complexity index is 1310. The molecule has 0 radical (unpaired) electrons. The summed E-state index contributed by atoms with van der Waals surface area (Å²) in [4.78, 5) is 19.5. The number of amidine groups is 1. The van der Waals surface area contributed by atoms with Gasteiger partial charge in [-0.1, -0.05) is 30.7 Å². The lowest BCUT2D eigenvalue weighted by atomic mass is 10.1. The van der Waals surface area contributed by atoms with E-state index >= 15 is 0 Å². The number of esters is 1. The number of rotatable bonds is 24. The molecule has 0 bridgehead atoms. The van der Waals surface area contributed by atoms with Gasteiger partial charge in [0.15, 0.2) is 0 Å². The van der Waals surface area contributed by atoms with Gasteiger partial charge in [0.2, 0.25) is 0 Å². The van der Waals surface area contributed by atoms with E-state index in [1.807, 2.05) is 48.5 Å². The summed E-state index contributed by atoms with van der Waals surface area (Å²) in [5.74, 6) is 1.04. The molecule has 0 aliphatic rings. The summed E-state index contributed by atoms with van der Waals surface area (Å²) < 4.78 is 27.1. The van der Waals surface area contributed by atoms with Gasteiger partial charge in [-0.3, -0.25) is 9.78 Å². The van der Waals surface area contributed by atoms with Crippen LogP contribution in [-0.2, 0) is 23.7 Å². The van der Waals surface area contributed by atoms with Crippen molar-refractivity contribution in [2.75, 3.05) is 58.7 Å². The molecule has 5 N–H and O–H groups in total. The molecule has 2 atom stereocenters. The normalized spacial score (nSPS) is 12.8. The number of anilines is 1. The zero-order valence-corrected chi connectivity index (χ0v) is 27.8. The molecule has 11 heteroatoms. The summed E-state index contributed by atoms with van der Waals surface area (Å²) in [6.07, 6.45) is 8.06. The first-order chi connectivity index (χ1) is 23.0. The van der Waals surface area contributed by atoms with Crippen LogP contribution in [0.3, 0.4) is 0 Å². The molecule has 0 saturated heterocycles. The molecule has 0 amide bonds. The molecule has 3 aromatic rings. The van der Waals surface area contributed by atoms with Crippen LogP contribution in [0.4, 0.5) is 5.69 Å². The van der Waals surface area contributed by atoms with Crippen molar-refractivity contribution in [2.45, 2.75) is 57.7 Å². The number of aromatic nitrogens is 1. The van der Waals surface area contributed by atoms with Crippen LogP contribution >= 0.6 is 0 Å². The van der Waals surface area contributed by atoms with Crippen LogP contribution in [-0.4, -0.2) is 70.1 Å². The van der Waals surface area contributed by atoms with Crippen molar-refractivity contribution < 1.29 is 28.5 Å². The minimum absolute atomic E-state index is 0.0785. The number of methoxy groups -OCH3 is 1. The monoisotopic (exact) mass is 649 g/mol. The zero-order valence-electron chi connectivity index (χ0n) is 27.8. The number of nitrogens with two attached hydrogens (primary N) is 2. The fourth-order valence-corrected chi connectivity index (χ4v) is 4.63. The summed E-state index contributed by atoms with van der Waals surface area (Å²) in [6, 6.07) is 19.8. The van der Waals surface area contributed by atoms with Gasteiger partial charge in [0.1, 0.15) is 17.8 Å². The van der Waals surface area contributed by atoms with Gasteiger partial charge in [0.05, 0.1) is 40.1 Å². The van der Waals surface area contributed by atoms with Crippen molar-refractivity contribution in [1.82, 2.24) is 4.98 Å². The number of benzene rings is 2. The number of hydrogen-bond acceptors (Lipinski definition) is 10. The molecular formula is C36H51N5O6. The van der Waals surface area contributed by atoms with Crippen molar-refractivity contribution in [2.24, 2.45) is 16.5 Å². The second-order valence-corrected chi connectivity index (χ2v) is 11.0. The first-order valence-electron chi connectivity index (χ1n) is 16.3. The second kappa shape index (κ2) is 22.5. The number of hydrogen-bond donors (Lipinski definition) is 3. The van der Waals surface area contributed by atoms with Crippen LogP contribution in [0, 0.1) is 0 Å². The maximum absolute atomic E-state index is 11.0. The van der Waals surface area contributed by atoms with Gasteiger partial charge in [-0.05, 0) is 80.1 Å². The lowest BCUT2D eigenvalue weighted by Gasteiger charge is -2.17. The van der Waals surface area contributed by atoms with Crippen LogP contribution < -0.4 is 21.5 Å². The highest BCUT2D eigenvalue weighted by molar-refractivity contribution is 5.98. The van der Waals surface area contributed by atoms with Crippen molar-refractivity contribution >= 4 is 17.5 Å². The lowest BCUT2D eigenvalue weighted by molar-refractivity contribution is -0.141. The van der Waals surface area contributed by atoms with Gasteiger partial charge in [-0.15, -0.1) is 0 Å². The van der Waals surface area contributed by atoms with Crippen molar-refractivity contribution in [3.63, 3.8) is 0 Å². The van der Waals surface area contributed by atoms with Crippen LogP contribution in [0.25, 0.3) is 0 Å². The highest BCUT2D eigenvalue weighted by Crippen LogP contribution is 2.23. The number of aliphatic imine (C=N–C) groups is 1. The summed E-state index contributed by atoms with van der Waals surface area (Å²) in [7, 11) is 1.39.